The van der Waals surface area contributed by atoms with Gasteiger partial charge in [0, 0.05) is 10.1 Å². The summed E-state index contributed by atoms with van der Waals surface area (Å²) < 4.78 is 4.94. The van der Waals surface area contributed by atoms with Crippen molar-refractivity contribution in [3.8, 4) is 0 Å². The van der Waals surface area contributed by atoms with Gasteiger partial charge in [0.2, 0.25) is 0 Å². The highest BCUT2D eigenvalue weighted by molar-refractivity contribution is 7.99. The van der Waals surface area contributed by atoms with Crippen LogP contribution in [0.4, 0.5) is 11.4 Å². The summed E-state index contributed by atoms with van der Waals surface area (Å²) in [6, 6.07) is 14.9. The highest BCUT2D eigenvalue weighted by Gasteiger charge is 2.05. The fourth-order valence-electron chi connectivity index (χ4n) is 1.86. The highest BCUT2D eigenvalue weighted by atomic mass is 32.2. The molecular weight excluding hydrogens is 308 g/mol. The first kappa shape index (κ1) is 17.2. The van der Waals surface area contributed by atoms with Crippen molar-refractivity contribution < 1.29 is 9.53 Å². The molecule has 2 aromatic rings. The van der Waals surface area contributed by atoms with Crippen molar-refractivity contribution in [2.75, 3.05) is 6.61 Å². The van der Waals surface area contributed by atoms with Gasteiger partial charge in [-0.3, -0.25) is 0 Å². The maximum absolute atomic E-state index is 11.6. The van der Waals surface area contributed by atoms with Crippen LogP contribution in [0.15, 0.2) is 63.7 Å². The standard InChI is InChI=1S/C18H20N2O2S/c1-4-22-18(21)14-5-7-15(8-6-14)19-20-16-9-11-17(12-10-16)23-13(2)3/h5-13H,4H2,1-3H3/b20-19+. The molecular formula is C18H20N2O2S. The Balaban J connectivity index is 2.01. The number of hydrogen-bond acceptors (Lipinski definition) is 5. The summed E-state index contributed by atoms with van der Waals surface area (Å²) >= 11 is 1.81. The number of ether oxygens (including phenoxy) is 1. The van der Waals surface area contributed by atoms with Crippen molar-refractivity contribution in [1.82, 2.24) is 0 Å². The van der Waals surface area contributed by atoms with Crippen molar-refractivity contribution >= 4 is 29.1 Å². The molecule has 0 radical (unpaired) electrons. The first-order chi connectivity index (χ1) is 11.1. The zero-order valence-electron chi connectivity index (χ0n) is 13.5. The van der Waals surface area contributed by atoms with Crippen LogP contribution in [0.2, 0.25) is 0 Å². The number of carbonyl (C=O) groups excluding carboxylic acids is 1. The summed E-state index contributed by atoms with van der Waals surface area (Å²) in [6.45, 7) is 6.48. The van der Waals surface area contributed by atoms with Gasteiger partial charge in [-0.25, -0.2) is 4.79 Å². The molecule has 0 saturated heterocycles. The molecule has 0 unspecified atom stereocenters. The lowest BCUT2D eigenvalue weighted by Crippen LogP contribution is -2.03. The molecule has 120 valence electrons. The average Bonchev–Trinajstić information content (AvgIpc) is 2.54. The number of thioether (sulfide) groups is 1. The van der Waals surface area contributed by atoms with Crippen LogP contribution in [-0.4, -0.2) is 17.8 Å². The molecule has 0 spiro atoms. The van der Waals surface area contributed by atoms with Crippen LogP contribution in [0.25, 0.3) is 0 Å². The minimum atomic E-state index is -0.325. The third-order valence-electron chi connectivity index (χ3n) is 2.87. The molecule has 0 atom stereocenters. The molecule has 2 aromatic carbocycles. The van der Waals surface area contributed by atoms with Gasteiger partial charge >= 0.3 is 5.97 Å². The number of nitrogens with zero attached hydrogens (tertiary/aromatic N) is 2. The predicted octanol–water partition coefficient (Wildman–Crippen LogP) is 5.78. The molecule has 0 aliphatic carbocycles. The number of esters is 1. The third kappa shape index (κ3) is 5.53. The molecule has 0 aliphatic heterocycles. The Labute approximate surface area is 141 Å². The van der Waals surface area contributed by atoms with Crippen molar-refractivity contribution in [1.29, 1.82) is 0 Å². The molecule has 23 heavy (non-hydrogen) atoms. The molecule has 0 aliphatic rings. The van der Waals surface area contributed by atoms with E-state index in [4.69, 9.17) is 4.74 Å². The van der Waals surface area contributed by atoms with Gasteiger partial charge in [-0.2, -0.15) is 10.2 Å². The summed E-state index contributed by atoms with van der Waals surface area (Å²) in [6.07, 6.45) is 0. The zero-order chi connectivity index (χ0) is 16.7. The minimum absolute atomic E-state index is 0.325. The molecule has 2 rings (SSSR count). The summed E-state index contributed by atoms with van der Waals surface area (Å²) in [5, 5.41) is 8.94. The number of hydrogen-bond donors (Lipinski definition) is 0. The van der Waals surface area contributed by atoms with Crippen LogP contribution in [0.5, 0.6) is 0 Å². The molecule has 0 saturated carbocycles. The molecule has 4 nitrogen and oxygen atoms in total. The van der Waals surface area contributed by atoms with E-state index in [0.717, 1.165) is 5.69 Å². The Kier molecular flexibility index (Phi) is 6.35. The Morgan fingerprint density at radius 1 is 1.00 bits per heavy atom. The highest BCUT2D eigenvalue weighted by Crippen LogP contribution is 2.26. The fourth-order valence-corrected chi connectivity index (χ4v) is 2.70. The van der Waals surface area contributed by atoms with Gasteiger partial charge in [-0.1, -0.05) is 13.8 Å². The second kappa shape index (κ2) is 8.48. The van der Waals surface area contributed by atoms with Gasteiger partial charge in [0.15, 0.2) is 0 Å². The molecule has 0 N–H and O–H groups in total. The van der Waals surface area contributed by atoms with E-state index in [1.54, 1.807) is 31.2 Å². The minimum Gasteiger partial charge on any atom is -0.462 e. The first-order valence-electron chi connectivity index (χ1n) is 7.54. The van der Waals surface area contributed by atoms with E-state index in [1.165, 1.54) is 4.90 Å². The maximum atomic E-state index is 11.6. The van der Waals surface area contributed by atoms with Gasteiger partial charge in [0.25, 0.3) is 0 Å². The van der Waals surface area contributed by atoms with Crippen LogP contribution in [0.3, 0.4) is 0 Å². The fraction of sp³-hybridized carbons (Fsp3) is 0.278. The summed E-state index contributed by atoms with van der Waals surface area (Å²) in [7, 11) is 0. The summed E-state index contributed by atoms with van der Waals surface area (Å²) in [5.74, 6) is -0.325. The normalized spacial score (nSPS) is 11.1. The maximum Gasteiger partial charge on any atom is 0.338 e. The van der Waals surface area contributed by atoms with Crippen LogP contribution >= 0.6 is 11.8 Å². The van der Waals surface area contributed by atoms with Crippen molar-refractivity contribution in [2.45, 2.75) is 30.9 Å². The van der Waals surface area contributed by atoms with E-state index in [9.17, 15) is 4.79 Å². The quantitative estimate of drug-likeness (QED) is 0.384. The molecule has 0 heterocycles. The predicted molar refractivity (Wildman–Crippen MR) is 94.0 cm³/mol. The SMILES string of the molecule is CCOC(=O)c1ccc(/N=N/c2ccc(SC(C)C)cc2)cc1. The summed E-state index contributed by atoms with van der Waals surface area (Å²) in [5.41, 5.74) is 2.01. The second-order valence-electron chi connectivity index (χ2n) is 5.13. The Hall–Kier alpha value is -2.14. The topological polar surface area (TPSA) is 51.0 Å². The number of rotatable bonds is 6. The Morgan fingerprint density at radius 3 is 2.00 bits per heavy atom. The van der Waals surface area contributed by atoms with Crippen LogP contribution in [-0.2, 0) is 4.74 Å². The largest absolute Gasteiger partial charge is 0.462 e. The smallest absolute Gasteiger partial charge is 0.338 e. The number of benzene rings is 2. The lowest BCUT2D eigenvalue weighted by molar-refractivity contribution is 0.0526. The van der Waals surface area contributed by atoms with Gasteiger partial charge in [0.1, 0.15) is 0 Å². The zero-order valence-corrected chi connectivity index (χ0v) is 14.3. The van der Waals surface area contributed by atoms with Gasteiger partial charge in [-0.15, -0.1) is 11.8 Å². The molecule has 0 aromatic heterocycles. The van der Waals surface area contributed by atoms with Crippen LogP contribution in [0.1, 0.15) is 31.1 Å². The first-order valence-corrected chi connectivity index (χ1v) is 8.42. The van der Waals surface area contributed by atoms with E-state index < -0.39 is 0 Å². The second-order valence-corrected chi connectivity index (χ2v) is 6.78. The molecule has 0 amide bonds. The lowest BCUT2D eigenvalue weighted by atomic mass is 10.2. The van der Waals surface area contributed by atoms with Gasteiger partial charge < -0.3 is 4.74 Å². The third-order valence-corrected chi connectivity index (χ3v) is 3.88. The molecule has 0 fully saturated rings. The van der Waals surface area contributed by atoms with Gasteiger partial charge in [-0.05, 0) is 55.5 Å². The number of azo groups is 1. The van der Waals surface area contributed by atoms with Crippen molar-refractivity contribution in [3.05, 3.63) is 54.1 Å². The molecule has 5 heteroatoms. The van der Waals surface area contributed by atoms with Crippen molar-refractivity contribution in [3.63, 3.8) is 0 Å². The van der Waals surface area contributed by atoms with E-state index in [2.05, 4.69) is 24.1 Å². The Morgan fingerprint density at radius 2 is 1.52 bits per heavy atom. The van der Waals surface area contributed by atoms with E-state index in [1.807, 2.05) is 36.0 Å². The van der Waals surface area contributed by atoms with Crippen LogP contribution in [0, 0.1) is 0 Å². The molecule has 0 bridgehead atoms. The monoisotopic (exact) mass is 328 g/mol. The number of carbonyl (C=O) groups is 1. The van der Waals surface area contributed by atoms with E-state index in [-0.39, 0.29) is 5.97 Å². The Bertz CT molecular complexity index is 664. The lowest BCUT2D eigenvalue weighted by Gasteiger charge is -2.04. The van der Waals surface area contributed by atoms with E-state index in [0.29, 0.717) is 23.1 Å². The average molecular weight is 328 g/mol. The van der Waals surface area contributed by atoms with Crippen molar-refractivity contribution in [2.24, 2.45) is 10.2 Å². The van der Waals surface area contributed by atoms with Crippen LogP contribution < -0.4 is 0 Å². The summed E-state index contributed by atoms with van der Waals surface area (Å²) in [4.78, 5) is 12.8. The van der Waals surface area contributed by atoms with E-state index >= 15 is 0 Å². The van der Waals surface area contributed by atoms with Gasteiger partial charge in [0.05, 0.1) is 23.5 Å².